The highest BCUT2D eigenvalue weighted by molar-refractivity contribution is 5.81. The van der Waals surface area contributed by atoms with Gasteiger partial charge in [0.1, 0.15) is 0 Å². The number of aromatic nitrogens is 4. The first kappa shape index (κ1) is 20.1. The SMILES string of the molecule is C[C@@H]1CN(c2cnc3ccccc3c2)CCN1c1nc(-c2ccncc2F)cc(=O)n1C. The van der Waals surface area contributed by atoms with Crippen LogP contribution in [0.3, 0.4) is 0 Å². The van der Waals surface area contributed by atoms with Crippen LogP contribution in [0.1, 0.15) is 6.92 Å². The molecule has 1 saturated heterocycles. The van der Waals surface area contributed by atoms with Gasteiger partial charge >= 0.3 is 0 Å². The number of fused-ring (bicyclic) bond motifs is 1. The third-order valence-electron chi connectivity index (χ3n) is 5.99. The molecule has 1 fully saturated rings. The van der Waals surface area contributed by atoms with Crippen LogP contribution in [0.2, 0.25) is 0 Å². The number of hydrogen-bond acceptors (Lipinski definition) is 6. The van der Waals surface area contributed by atoms with Gasteiger partial charge in [0.25, 0.3) is 5.56 Å². The smallest absolute Gasteiger partial charge is 0.255 e. The van der Waals surface area contributed by atoms with Crippen molar-refractivity contribution in [2.45, 2.75) is 13.0 Å². The number of rotatable bonds is 3. The molecule has 0 saturated carbocycles. The number of benzene rings is 1. The number of anilines is 2. The van der Waals surface area contributed by atoms with Crippen molar-refractivity contribution in [2.75, 3.05) is 29.4 Å². The van der Waals surface area contributed by atoms with E-state index >= 15 is 0 Å². The molecule has 0 spiro atoms. The molecule has 1 aromatic carbocycles. The number of pyridine rings is 2. The van der Waals surface area contributed by atoms with Crippen LogP contribution >= 0.6 is 0 Å². The van der Waals surface area contributed by atoms with Gasteiger partial charge in [-0.1, -0.05) is 18.2 Å². The Morgan fingerprint density at radius 2 is 1.94 bits per heavy atom. The van der Waals surface area contributed by atoms with Crippen molar-refractivity contribution in [3.05, 3.63) is 77.2 Å². The summed E-state index contributed by atoms with van der Waals surface area (Å²) in [5, 5.41) is 1.11. The Kier molecular flexibility index (Phi) is 5.05. The number of hydrogen-bond donors (Lipinski definition) is 0. The monoisotopic (exact) mass is 430 g/mol. The minimum atomic E-state index is -0.499. The number of piperazine rings is 1. The lowest BCUT2D eigenvalue weighted by Crippen LogP contribution is -2.53. The highest BCUT2D eigenvalue weighted by Crippen LogP contribution is 2.26. The van der Waals surface area contributed by atoms with E-state index in [9.17, 15) is 9.18 Å². The van der Waals surface area contributed by atoms with E-state index in [2.05, 4.69) is 43.8 Å². The van der Waals surface area contributed by atoms with Crippen molar-refractivity contribution in [1.29, 1.82) is 0 Å². The molecule has 0 amide bonds. The minimum Gasteiger partial charge on any atom is -0.366 e. The molecule has 1 aliphatic heterocycles. The van der Waals surface area contributed by atoms with Crippen LogP contribution < -0.4 is 15.4 Å². The van der Waals surface area contributed by atoms with Gasteiger partial charge in [-0.05, 0) is 25.1 Å². The van der Waals surface area contributed by atoms with Gasteiger partial charge in [-0.25, -0.2) is 9.37 Å². The maximum atomic E-state index is 14.3. The van der Waals surface area contributed by atoms with Gasteiger partial charge in [-0.15, -0.1) is 0 Å². The summed E-state index contributed by atoms with van der Waals surface area (Å²) in [4.78, 5) is 30.1. The van der Waals surface area contributed by atoms with Crippen LogP contribution in [0.5, 0.6) is 0 Å². The Morgan fingerprint density at radius 3 is 2.75 bits per heavy atom. The van der Waals surface area contributed by atoms with Crippen molar-refractivity contribution in [3.8, 4) is 11.3 Å². The van der Waals surface area contributed by atoms with Crippen LogP contribution in [0.4, 0.5) is 16.0 Å². The molecule has 7 nitrogen and oxygen atoms in total. The quantitative estimate of drug-likeness (QED) is 0.497. The molecule has 1 aliphatic rings. The second-order valence-electron chi connectivity index (χ2n) is 8.07. The molecule has 32 heavy (non-hydrogen) atoms. The van der Waals surface area contributed by atoms with E-state index < -0.39 is 5.82 Å². The summed E-state index contributed by atoms with van der Waals surface area (Å²) in [5.74, 6) is 0.0355. The Morgan fingerprint density at radius 1 is 1.09 bits per heavy atom. The van der Waals surface area contributed by atoms with Crippen molar-refractivity contribution < 1.29 is 4.39 Å². The lowest BCUT2D eigenvalue weighted by molar-refractivity contribution is 0.529. The van der Waals surface area contributed by atoms with Gasteiger partial charge < -0.3 is 9.80 Å². The predicted octanol–water partition coefficient (Wildman–Crippen LogP) is 3.24. The van der Waals surface area contributed by atoms with Crippen LogP contribution in [-0.4, -0.2) is 45.2 Å². The van der Waals surface area contributed by atoms with E-state index in [1.807, 2.05) is 24.4 Å². The third-order valence-corrected chi connectivity index (χ3v) is 5.99. The second kappa shape index (κ2) is 8.03. The van der Waals surface area contributed by atoms with E-state index in [1.165, 1.54) is 22.9 Å². The van der Waals surface area contributed by atoms with Crippen molar-refractivity contribution in [2.24, 2.45) is 7.05 Å². The summed E-state index contributed by atoms with van der Waals surface area (Å²) in [6, 6.07) is 13.2. The van der Waals surface area contributed by atoms with E-state index in [0.29, 0.717) is 18.2 Å². The summed E-state index contributed by atoms with van der Waals surface area (Å²) < 4.78 is 15.8. The fraction of sp³-hybridized carbons (Fsp3) is 0.250. The number of para-hydroxylation sites is 1. The minimum absolute atomic E-state index is 0.0888. The maximum absolute atomic E-state index is 14.3. The molecule has 0 aliphatic carbocycles. The highest BCUT2D eigenvalue weighted by Gasteiger charge is 2.27. The molecule has 4 heterocycles. The van der Waals surface area contributed by atoms with Gasteiger partial charge in [-0.3, -0.25) is 19.3 Å². The van der Waals surface area contributed by atoms with E-state index in [0.717, 1.165) is 35.9 Å². The molecular formula is C24H23FN6O. The summed E-state index contributed by atoms with van der Waals surface area (Å²) in [7, 11) is 1.70. The van der Waals surface area contributed by atoms with Gasteiger partial charge in [0.2, 0.25) is 5.95 Å². The van der Waals surface area contributed by atoms with Gasteiger partial charge in [0.05, 0.1) is 29.3 Å². The Bertz CT molecular complexity index is 1350. The first-order valence-corrected chi connectivity index (χ1v) is 10.6. The van der Waals surface area contributed by atoms with Crippen LogP contribution in [0.25, 0.3) is 22.2 Å². The zero-order chi connectivity index (χ0) is 22.2. The molecular weight excluding hydrogens is 407 g/mol. The van der Waals surface area contributed by atoms with Crippen LogP contribution in [-0.2, 0) is 7.05 Å². The van der Waals surface area contributed by atoms with Crippen molar-refractivity contribution in [3.63, 3.8) is 0 Å². The lowest BCUT2D eigenvalue weighted by atomic mass is 10.1. The molecule has 0 N–H and O–H groups in total. The number of halogens is 1. The van der Waals surface area contributed by atoms with Crippen LogP contribution in [0, 0.1) is 5.82 Å². The van der Waals surface area contributed by atoms with Gasteiger partial charge in [0, 0.05) is 55.9 Å². The van der Waals surface area contributed by atoms with Crippen molar-refractivity contribution in [1.82, 2.24) is 19.5 Å². The normalized spacial score (nSPS) is 16.5. The van der Waals surface area contributed by atoms with Crippen LogP contribution in [0.15, 0.2) is 65.8 Å². The fourth-order valence-corrected chi connectivity index (χ4v) is 4.23. The first-order chi connectivity index (χ1) is 15.5. The molecule has 1 atom stereocenters. The number of nitrogens with zero attached hydrogens (tertiary/aromatic N) is 6. The molecule has 4 aromatic rings. The molecule has 0 unspecified atom stereocenters. The molecule has 0 radical (unpaired) electrons. The predicted molar refractivity (Wildman–Crippen MR) is 123 cm³/mol. The molecule has 162 valence electrons. The summed E-state index contributed by atoms with van der Waals surface area (Å²) in [6.45, 7) is 4.29. The zero-order valence-electron chi connectivity index (χ0n) is 17.9. The molecule has 0 bridgehead atoms. The molecule has 8 heteroatoms. The summed E-state index contributed by atoms with van der Waals surface area (Å²) in [6.07, 6.45) is 4.54. The van der Waals surface area contributed by atoms with Crippen molar-refractivity contribution >= 4 is 22.5 Å². The highest BCUT2D eigenvalue weighted by atomic mass is 19.1. The third kappa shape index (κ3) is 3.57. The maximum Gasteiger partial charge on any atom is 0.255 e. The van der Waals surface area contributed by atoms with E-state index in [1.54, 1.807) is 7.05 Å². The largest absolute Gasteiger partial charge is 0.366 e. The molecule has 3 aromatic heterocycles. The van der Waals surface area contributed by atoms with Gasteiger partial charge in [-0.2, -0.15) is 0 Å². The topological polar surface area (TPSA) is 67.2 Å². The average molecular weight is 430 g/mol. The van der Waals surface area contributed by atoms with E-state index in [-0.39, 0.29) is 17.2 Å². The Labute approximate surface area is 184 Å². The Hall–Kier alpha value is -3.81. The lowest BCUT2D eigenvalue weighted by Gasteiger charge is -2.41. The standard InChI is InChI=1S/C24H23FN6O/c1-16-15-30(18-11-17-5-3-4-6-21(17)27-13-18)9-10-31(16)24-28-22(12-23(32)29(24)2)19-7-8-26-14-20(19)25/h3-8,11-14,16H,9-10,15H2,1-2H3/t16-/m1/s1. The van der Waals surface area contributed by atoms with E-state index in [4.69, 9.17) is 0 Å². The van der Waals surface area contributed by atoms with Gasteiger partial charge in [0.15, 0.2) is 5.82 Å². The molecule has 5 rings (SSSR count). The Balaban J connectivity index is 1.44. The average Bonchev–Trinajstić information content (AvgIpc) is 2.81. The zero-order valence-corrected chi connectivity index (χ0v) is 17.9. The first-order valence-electron chi connectivity index (χ1n) is 10.6. The second-order valence-corrected chi connectivity index (χ2v) is 8.07. The summed E-state index contributed by atoms with van der Waals surface area (Å²) >= 11 is 0. The fourth-order valence-electron chi connectivity index (χ4n) is 4.23. The summed E-state index contributed by atoms with van der Waals surface area (Å²) in [5.41, 5.74) is 2.41.